The molecule has 1 aromatic rings. The largest absolute Gasteiger partial charge is 0.343 e. The SMILES string of the molecule is CC(=O)N1CCC(C(=O)N2CCN(CC(=O)Nc3cccc(F)c3)CC2)CC1. The van der Waals surface area contributed by atoms with E-state index < -0.39 is 0 Å². The van der Waals surface area contributed by atoms with E-state index in [1.165, 1.54) is 12.1 Å². The highest BCUT2D eigenvalue weighted by molar-refractivity contribution is 5.92. The van der Waals surface area contributed by atoms with Crippen LogP contribution in [0.2, 0.25) is 0 Å². The van der Waals surface area contributed by atoms with Gasteiger partial charge in [-0.05, 0) is 31.0 Å². The Bertz CT molecular complexity index is 726. The van der Waals surface area contributed by atoms with Crippen LogP contribution in [0.15, 0.2) is 24.3 Å². The van der Waals surface area contributed by atoms with Gasteiger partial charge in [0.2, 0.25) is 17.7 Å². The van der Waals surface area contributed by atoms with Crippen LogP contribution in [0.1, 0.15) is 19.8 Å². The number of benzene rings is 1. The van der Waals surface area contributed by atoms with Gasteiger partial charge in [-0.1, -0.05) is 6.07 Å². The number of likely N-dealkylation sites (tertiary alicyclic amines) is 1. The molecule has 0 atom stereocenters. The molecule has 2 heterocycles. The zero-order valence-electron chi connectivity index (χ0n) is 16.2. The maximum absolute atomic E-state index is 13.2. The standard InChI is InChI=1S/C20H27FN4O3/c1-15(26)24-7-5-16(6-8-24)20(28)25-11-9-23(10-12-25)14-19(27)22-18-4-2-3-17(21)13-18/h2-4,13,16H,5-12,14H2,1H3,(H,22,27). The monoisotopic (exact) mass is 390 g/mol. The number of carbonyl (C=O) groups excluding carboxylic acids is 3. The van der Waals surface area contributed by atoms with Crippen LogP contribution >= 0.6 is 0 Å². The minimum Gasteiger partial charge on any atom is -0.343 e. The van der Waals surface area contributed by atoms with E-state index in [0.29, 0.717) is 57.8 Å². The summed E-state index contributed by atoms with van der Waals surface area (Å²) < 4.78 is 13.2. The summed E-state index contributed by atoms with van der Waals surface area (Å²) in [6.07, 6.45) is 1.43. The van der Waals surface area contributed by atoms with Crippen molar-refractivity contribution in [2.24, 2.45) is 5.92 Å². The summed E-state index contributed by atoms with van der Waals surface area (Å²) >= 11 is 0. The Morgan fingerprint density at radius 2 is 1.71 bits per heavy atom. The van der Waals surface area contributed by atoms with E-state index in [4.69, 9.17) is 0 Å². The fourth-order valence-corrected chi connectivity index (χ4v) is 3.80. The number of hydrogen-bond donors (Lipinski definition) is 1. The van der Waals surface area contributed by atoms with E-state index in [1.807, 2.05) is 9.80 Å². The summed E-state index contributed by atoms with van der Waals surface area (Å²) in [5.41, 5.74) is 0.440. The number of hydrogen-bond acceptors (Lipinski definition) is 4. The maximum atomic E-state index is 13.2. The van der Waals surface area contributed by atoms with E-state index in [1.54, 1.807) is 24.0 Å². The number of piperazine rings is 1. The van der Waals surface area contributed by atoms with Gasteiger partial charge in [-0.2, -0.15) is 0 Å². The molecule has 2 aliphatic heterocycles. The van der Waals surface area contributed by atoms with Crippen molar-refractivity contribution in [1.82, 2.24) is 14.7 Å². The second-order valence-corrected chi connectivity index (χ2v) is 7.44. The molecule has 0 aromatic heterocycles. The molecule has 8 heteroatoms. The molecule has 1 aromatic carbocycles. The molecule has 0 radical (unpaired) electrons. The van der Waals surface area contributed by atoms with Crippen molar-refractivity contribution in [2.75, 3.05) is 51.1 Å². The molecule has 2 aliphatic rings. The molecule has 1 N–H and O–H groups in total. The van der Waals surface area contributed by atoms with Gasteiger partial charge in [0, 0.05) is 57.8 Å². The van der Waals surface area contributed by atoms with Crippen LogP contribution in [0.4, 0.5) is 10.1 Å². The lowest BCUT2D eigenvalue weighted by molar-refractivity contribution is -0.141. The molecule has 0 saturated carbocycles. The van der Waals surface area contributed by atoms with Crippen molar-refractivity contribution < 1.29 is 18.8 Å². The number of nitrogens with zero attached hydrogens (tertiary/aromatic N) is 3. The first-order chi connectivity index (χ1) is 13.4. The fraction of sp³-hybridized carbons (Fsp3) is 0.550. The third-order valence-corrected chi connectivity index (χ3v) is 5.45. The zero-order valence-corrected chi connectivity index (χ0v) is 16.2. The molecule has 2 fully saturated rings. The summed E-state index contributed by atoms with van der Waals surface area (Å²) in [6.45, 7) is 5.53. The van der Waals surface area contributed by atoms with E-state index in [2.05, 4.69) is 5.32 Å². The Kier molecular flexibility index (Phi) is 6.61. The van der Waals surface area contributed by atoms with Gasteiger partial charge in [-0.25, -0.2) is 4.39 Å². The number of carbonyl (C=O) groups is 3. The van der Waals surface area contributed by atoms with Crippen molar-refractivity contribution >= 4 is 23.4 Å². The smallest absolute Gasteiger partial charge is 0.238 e. The van der Waals surface area contributed by atoms with E-state index in [9.17, 15) is 18.8 Å². The molecule has 28 heavy (non-hydrogen) atoms. The first kappa shape index (κ1) is 20.3. The van der Waals surface area contributed by atoms with Crippen LogP contribution in [-0.4, -0.2) is 78.2 Å². The van der Waals surface area contributed by atoms with Gasteiger partial charge in [0.15, 0.2) is 0 Å². The predicted molar refractivity (Wildman–Crippen MR) is 103 cm³/mol. The predicted octanol–water partition coefficient (Wildman–Crippen LogP) is 1.17. The van der Waals surface area contributed by atoms with Crippen LogP contribution in [0.25, 0.3) is 0 Å². The van der Waals surface area contributed by atoms with Gasteiger partial charge >= 0.3 is 0 Å². The molecule has 0 spiro atoms. The number of halogens is 1. The van der Waals surface area contributed by atoms with Crippen LogP contribution in [-0.2, 0) is 14.4 Å². The van der Waals surface area contributed by atoms with Crippen molar-refractivity contribution in [3.63, 3.8) is 0 Å². The molecule has 0 bridgehead atoms. The van der Waals surface area contributed by atoms with Gasteiger partial charge in [-0.3, -0.25) is 19.3 Å². The number of piperidine rings is 1. The maximum Gasteiger partial charge on any atom is 0.238 e. The topological polar surface area (TPSA) is 73.0 Å². The first-order valence-electron chi connectivity index (χ1n) is 9.74. The Morgan fingerprint density at radius 1 is 1.04 bits per heavy atom. The second kappa shape index (κ2) is 9.14. The first-order valence-corrected chi connectivity index (χ1v) is 9.74. The summed E-state index contributed by atoms with van der Waals surface area (Å²) in [5.74, 6) is -0.373. The van der Waals surface area contributed by atoms with Crippen LogP contribution in [0.5, 0.6) is 0 Å². The average Bonchev–Trinajstić information content (AvgIpc) is 2.68. The summed E-state index contributed by atoms with van der Waals surface area (Å²) in [5, 5.41) is 2.70. The molecule has 0 aliphatic carbocycles. The molecule has 0 unspecified atom stereocenters. The minimum absolute atomic E-state index is 0.0153. The van der Waals surface area contributed by atoms with Crippen molar-refractivity contribution in [3.05, 3.63) is 30.1 Å². The molecular weight excluding hydrogens is 363 g/mol. The lowest BCUT2D eigenvalue weighted by Gasteiger charge is -2.38. The molecular formula is C20H27FN4O3. The summed E-state index contributed by atoms with van der Waals surface area (Å²) in [4.78, 5) is 41.9. The molecule has 152 valence electrons. The van der Waals surface area contributed by atoms with Crippen LogP contribution < -0.4 is 5.32 Å². The van der Waals surface area contributed by atoms with E-state index >= 15 is 0 Å². The quantitative estimate of drug-likeness (QED) is 0.838. The zero-order chi connectivity index (χ0) is 20.1. The van der Waals surface area contributed by atoms with Crippen molar-refractivity contribution in [1.29, 1.82) is 0 Å². The van der Waals surface area contributed by atoms with Crippen LogP contribution in [0, 0.1) is 11.7 Å². The number of nitrogens with one attached hydrogen (secondary N) is 1. The second-order valence-electron chi connectivity index (χ2n) is 7.44. The highest BCUT2D eigenvalue weighted by atomic mass is 19.1. The number of anilines is 1. The number of rotatable bonds is 4. The van der Waals surface area contributed by atoms with Gasteiger partial charge in [0.1, 0.15) is 5.82 Å². The number of amides is 3. The Labute approximate surface area is 164 Å². The highest BCUT2D eigenvalue weighted by Gasteiger charge is 2.31. The molecule has 7 nitrogen and oxygen atoms in total. The Balaban J connectivity index is 1.41. The van der Waals surface area contributed by atoms with Gasteiger partial charge in [-0.15, -0.1) is 0 Å². The van der Waals surface area contributed by atoms with Gasteiger partial charge in [0.25, 0.3) is 0 Å². The molecule has 2 saturated heterocycles. The van der Waals surface area contributed by atoms with Crippen molar-refractivity contribution in [2.45, 2.75) is 19.8 Å². The molecule has 3 rings (SSSR count). The van der Waals surface area contributed by atoms with E-state index in [-0.39, 0.29) is 36.0 Å². The van der Waals surface area contributed by atoms with Gasteiger partial charge in [0.05, 0.1) is 6.54 Å². The van der Waals surface area contributed by atoms with Crippen LogP contribution in [0.3, 0.4) is 0 Å². The van der Waals surface area contributed by atoms with E-state index in [0.717, 1.165) is 0 Å². The van der Waals surface area contributed by atoms with Gasteiger partial charge < -0.3 is 15.1 Å². The van der Waals surface area contributed by atoms with Crippen molar-refractivity contribution in [3.8, 4) is 0 Å². The molecule has 3 amide bonds. The summed E-state index contributed by atoms with van der Waals surface area (Å²) in [7, 11) is 0. The third-order valence-electron chi connectivity index (χ3n) is 5.45. The lowest BCUT2D eigenvalue weighted by Crippen LogP contribution is -2.53. The Hall–Kier alpha value is -2.48. The minimum atomic E-state index is -0.390. The normalized spacial score (nSPS) is 18.8. The summed E-state index contributed by atoms with van der Waals surface area (Å²) in [6, 6.07) is 5.81. The highest BCUT2D eigenvalue weighted by Crippen LogP contribution is 2.20. The Morgan fingerprint density at radius 3 is 2.32 bits per heavy atom. The third kappa shape index (κ3) is 5.28. The fourth-order valence-electron chi connectivity index (χ4n) is 3.80. The lowest BCUT2D eigenvalue weighted by atomic mass is 9.95. The average molecular weight is 390 g/mol.